The van der Waals surface area contributed by atoms with Gasteiger partial charge in [-0.15, -0.1) is 0 Å². The van der Waals surface area contributed by atoms with Crippen LogP contribution < -0.4 is 11.1 Å². The van der Waals surface area contributed by atoms with Crippen molar-refractivity contribution in [1.82, 2.24) is 0 Å². The zero-order valence-electron chi connectivity index (χ0n) is 11.2. The maximum Gasteiger partial charge on any atom is 0.228 e. The highest BCUT2D eigenvalue weighted by atomic mass is 79.9. The number of halogens is 1. The highest BCUT2D eigenvalue weighted by Crippen LogP contribution is 2.25. The van der Waals surface area contributed by atoms with E-state index in [0.29, 0.717) is 6.54 Å². The van der Waals surface area contributed by atoms with Gasteiger partial charge in [-0.3, -0.25) is 4.79 Å². The molecular weight excluding hydrogens is 292 g/mol. The summed E-state index contributed by atoms with van der Waals surface area (Å²) in [5, 5.41) is 2.91. The Morgan fingerprint density at radius 2 is 2.11 bits per heavy atom. The fourth-order valence-electron chi connectivity index (χ4n) is 1.83. The van der Waals surface area contributed by atoms with Crippen LogP contribution in [0, 0.1) is 11.3 Å². The number of rotatable bonds is 4. The van der Waals surface area contributed by atoms with E-state index < -0.39 is 0 Å². The first-order valence-corrected chi connectivity index (χ1v) is 6.87. The number of nitrogens with one attached hydrogen (secondary N) is 1. The number of carbonyl (C=O) groups is 1. The van der Waals surface area contributed by atoms with Crippen molar-refractivity contribution in [3.63, 3.8) is 0 Å². The van der Waals surface area contributed by atoms with Crippen LogP contribution in [0.25, 0.3) is 0 Å². The van der Waals surface area contributed by atoms with Gasteiger partial charge in [0.2, 0.25) is 5.91 Å². The summed E-state index contributed by atoms with van der Waals surface area (Å²) in [4.78, 5) is 12.1. The number of carbonyl (C=O) groups excluding carboxylic acids is 1. The Labute approximate surface area is 117 Å². The molecule has 0 heterocycles. The standard InChI is InChI=1S/C14H21BrN2O/c1-14(2,3)8-10(9-16)13(18)17-12-6-4-5-11(15)7-12/h4-7,10H,8-9,16H2,1-3H3,(H,17,18). The van der Waals surface area contributed by atoms with Gasteiger partial charge in [0, 0.05) is 16.7 Å². The minimum absolute atomic E-state index is 0.00877. The molecule has 1 aromatic carbocycles. The maximum absolute atomic E-state index is 12.1. The first-order valence-electron chi connectivity index (χ1n) is 6.08. The van der Waals surface area contributed by atoms with E-state index in [2.05, 4.69) is 42.0 Å². The summed E-state index contributed by atoms with van der Waals surface area (Å²) in [6.45, 7) is 6.71. The Hall–Kier alpha value is -0.870. The second kappa shape index (κ2) is 6.34. The molecule has 1 aromatic rings. The quantitative estimate of drug-likeness (QED) is 0.895. The number of nitrogens with two attached hydrogens (primary N) is 1. The third-order valence-corrected chi connectivity index (χ3v) is 3.10. The molecule has 18 heavy (non-hydrogen) atoms. The van der Waals surface area contributed by atoms with Crippen LogP contribution in [0.2, 0.25) is 0 Å². The smallest absolute Gasteiger partial charge is 0.228 e. The lowest BCUT2D eigenvalue weighted by atomic mass is 9.84. The van der Waals surface area contributed by atoms with Crippen molar-refractivity contribution in [2.45, 2.75) is 27.2 Å². The lowest BCUT2D eigenvalue weighted by Crippen LogP contribution is -2.32. The summed E-state index contributed by atoms with van der Waals surface area (Å²) in [5.41, 5.74) is 6.58. The van der Waals surface area contributed by atoms with Gasteiger partial charge in [-0.25, -0.2) is 0 Å². The number of hydrogen-bond acceptors (Lipinski definition) is 2. The van der Waals surface area contributed by atoms with Crippen LogP contribution in [0.3, 0.4) is 0 Å². The normalized spacial score (nSPS) is 13.2. The molecule has 1 amide bonds. The van der Waals surface area contributed by atoms with Crippen molar-refractivity contribution in [2.24, 2.45) is 17.1 Å². The van der Waals surface area contributed by atoms with Crippen molar-refractivity contribution >= 4 is 27.5 Å². The molecule has 0 fully saturated rings. The van der Waals surface area contributed by atoms with Gasteiger partial charge in [-0.1, -0.05) is 42.8 Å². The summed E-state index contributed by atoms with van der Waals surface area (Å²) in [5.74, 6) is -0.158. The third kappa shape index (κ3) is 5.19. The SMILES string of the molecule is CC(C)(C)CC(CN)C(=O)Nc1cccc(Br)c1. The first kappa shape index (κ1) is 15.2. The molecular formula is C14H21BrN2O. The zero-order valence-corrected chi connectivity index (χ0v) is 12.8. The van der Waals surface area contributed by atoms with Crippen LogP contribution in [0.1, 0.15) is 27.2 Å². The molecule has 0 aliphatic rings. The minimum atomic E-state index is -0.149. The van der Waals surface area contributed by atoms with E-state index in [1.54, 1.807) is 0 Å². The Kier molecular flexibility index (Phi) is 5.35. The second-order valence-corrected chi connectivity index (χ2v) is 6.61. The number of amides is 1. The molecule has 3 nitrogen and oxygen atoms in total. The van der Waals surface area contributed by atoms with E-state index in [0.717, 1.165) is 16.6 Å². The highest BCUT2D eigenvalue weighted by molar-refractivity contribution is 9.10. The lowest BCUT2D eigenvalue weighted by molar-refractivity contribution is -0.120. The molecule has 0 spiro atoms. The van der Waals surface area contributed by atoms with Crippen molar-refractivity contribution in [2.75, 3.05) is 11.9 Å². The predicted molar refractivity (Wildman–Crippen MR) is 79.4 cm³/mol. The van der Waals surface area contributed by atoms with Gasteiger partial charge in [0.15, 0.2) is 0 Å². The molecule has 0 saturated carbocycles. The lowest BCUT2D eigenvalue weighted by Gasteiger charge is -2.24. The number of benzene rings is 1. The summed E-state index contributed by atoms with van der Waals surface area (Å²) in [7, 11) is 0. The zero-order chi connectivity index (χ0) is 13.8. The van der Waals surface area contributed by atoms with Gasteiger partial charge < -0.3 is 11.1 Å². The van der Waals surface area contributed by atoms with Crippen LogP contribution in [0.15, 0.2) is 28.7 Å². The van der Waals surface area contributed by atoms with E-state index in [1.807, 2.05) is 24.3 Å². The van der Waals surface area contributed by atoms with Gasteiger partial charge in [0.25, 0.3) is 0 Å². The molecule has 4 heteroatoms. The van der Waals surface area contributed by atoms with Crippen LogP contribution >= 0.6 is 15.9 Å². The molecule has 0 saturated heterocycles. The van der Waals surface area contributed by atoms with Crippen molar-refractivity contribution in [1.29, 1.82) is 0 Å². The Bertz CT molecular complexity index is 413. The molecule has 1 rings (SSSR count). The molecule has 1 atom stereocenters. The number of hydrogen-bond donors (Lipinski definition) is 2. The van der Waals surface area contributed by atoms with Gasteiger partial charge in [0.1, 0.15) is 0 Å². The largest absolute Gasteiger partial charge is 0.330 e. The average Bonchev–Trinajstić information content (AvgIpc) is 2.24. The summed E-state index contributed by atoms with van der Waals surface area (Å²) >= 11 is 3.38. The molecule has 3 N–H and O–H groups in total. The van der Waals surface area contributed by atoms with Crippen molar-refractivity contribution < 1.29 is 4.79 Å². The van der Waals surface area contributed by atoms with Crippen LogP contribution in [0.4, 0.5) is 5.69 Å². The van der Waals surface area contributed by atoms with E-state index in [9.17, 15) is 4.79 Å². The van der Waals surface area contributed by atoms with E-state index in [-0.39, 0.29) is 17.2 Å². The monoisotopic (exact) mass is 312 g/mol. The summed E-state index contributed by atoms with van der Waals surface area (Å²) in [6.07, 6.45) is 0.781. The maximum atomic E-state index is 12.1. The van der Waals surface area contributed by atoms with Crippen LogP contribution in [0.5, 0.6) is 0 Å². The topological polar surface area (TPSA) is 55.1 Å². The Balaban J connectivity index is 2.68. The van der Waals surface area contributed by atoms with E-state index >= 15 is 0 Å². The first-order chi connectivity index (χ1) is 8.31. The molecule has 0 aliphatic carbocycles. The minimum Gasteiger partial charge on any atom is -0.330 e. The van der Waals surface area contributed by atoms with E-state index in [4.69, 9.17) is 5.73 Å². The Morgan fingerprint density at radius 1 is 1.44 bits per heavy atom. The molecule has 0 radical (unpaired) electrons. The Morgan fingerprint density at radius 3 is 2.61 bits per heavy atom. The molecule has 0 aromatic heterocycles. The van der Waals surface area contributed by atoms with Crippen LogP contribution in [-0.2, 0) is 4.79 Å². The van der Waals surface area contributed by atoms with Crippen LogP contribution in [-0.4, -0.2) is 12.5 Å². The van der Waals surface area contributed by atoms with Gasteiger partial charge in [-0.05, 0) is 30.0 Å². The summed E-state index contributed by atoms with van der Waals surface area (Å²) in [6, 6.07) is 7.56. The van der Waals surface area contributed by atoms with Gasteiger partial charge in [0.05, 0.1) is 5.92 Å². The fourth-order valence-corrected chi connectivity index (χ4v) is 2.23. The third-order valence-electron chi connectivity index (χ3n) is 2.61. The highest BCUT2D eigenvalue weighted by Gasteiger charge is 2.23. The van der Waals surface area contributed by atoms with Crippen molar-refractivity contribution in [3.8, 4) is 0 Å². The molecule has 0 bridgehead atoms. The molecule has 100 valence electrons. The van der Waals surface area contributed by atoms with Gasteiger partial charge in [-0.2, -0.15) is 0 Å². The van der Waals surface area contributed by atoms with Crippen molar-refractivity contribution in [3.05, 3.63) is 28.7 Å². The second-order valence-electron chi connectivity index (χ2n) is 5.70. The molecule has 1 unspecified atom stereocenters. The summed E-state index contributed by atoms with van der Waals surface area (Å²) < 4.78 is 0.945. The molecule has 0 aliphatic heterocycles. The van der Waals surface area contributed by atoms with E-state index in [1.165, 1.54) is 0 Å². The number of anilines is 1. The fraction of sp³-hybridized carbons (Fsp3) is 0.500. The predicted octanol–water partition coefficient (Wildman–Crippen LogP) is 3.40. The average molecular weight is 313 g/mol. The van der Waals surface area contributed by atoms with Gasteiger partial charge >= 0.3 is 0 Å².